The molecular weight excluding hydrogens is 793 g/mol. The van der Waals surface area contributed by atoms with Gasteiger partial charge in [0.15, 0.2) is 6.29 Å². The summed E-state index contributed by atoms with van der Waals surface area (Å²) in [5.41, 5.74) is 0. The summed E-state index contributed by atoms with van der Waals surface area (Å²) in [6, 6.07) is 0. The molecule has 1 rings (SSSR count). The Morgan fingerprint density at radius 1 is 0.508 bits per heavy atom. The normalized spacial score (nSPS) is 20.1. The van der Waals surface area contributed by atoms with Gasteiger partial charge in [0.1, 0.15) is 30.5 Å². The molecule has 0 aromatic rings. The van der Waals surface area contributed by atoms with Crippen LogP contribution in [0.1, 0.15) is 213 Å². The molecule has 1 heterocycles. The largest absolute Gasteiger partial charge is 0.457 e. The number of carbonyl (C=O) groups is 1. The van der Waals surface area contributed by atoms with E-state index in [0.29, 0.717) is 13.0 Å². The van der Waals surface area contributed by atoms with Gasteiger partial charge in [-0.1, -0.05) is 229 Å². The Balaban J connectivity index is 2.19. The van der Waals surface area contributed by atoms with Crippen LogP contribution in [-0.2, 0) is 23.7 Å². The predicted octanol–water partition coefficient (Wildman–Crippen LogP) is 12.6. The lowest BCUT2D eigenvalue weighted by Gasteiger charge is -2.39. The van der Waals surface area contributed by atoms with Crippen LogP contribution in [0, 0.1) is 0 Å². The molecule has 0 bridgehead atoms. The lowest BCUT2D eigenvalue weighted by atomic mass is 9.99. The first-order valence-corrected chi connectivity index (χ1v) is 25.9. The van der Waals surface area contributed by atoms with Crippen molar-refractivity contribution in [2.45, 2.75) is 250 Å². The summed E-state index contributed by atoms with van der Waals surface area (Å²) >= 11 is 0. The van der Waals surface area contributed by atoms with Crippen LogP contribution in [0.3, 0.4) is 0 Å². The number of ether oxygens (including phenoxy) is 4. The number of hydrogen-bond donors (Lipinski definition) is 4. The van der Waals surface area contributed by atoms with Gasteiger partial charge in [-0.3, -0.25) is 4.79 Å². The van der Waals surface area contributed by atoms with E-state index < -0.39 is 49.4 Å². The van der Waals surface area contributed by atoms with Crippen molar-refractivity contribution < 1.29 is 44.2 Å². The maximum Gasteiger partial charge on any atom is 0.310 e. The van der Waals surface area contributed by atoms with E-state index >= 15 is 0 Å². The molecule has 1 aliphatic heterocycles. The minimum Gasteiger partial charge on any atom is -0.457 e. The Kier molecular flexibility index (Phi) is 42.1. The molecule has 0 radical (unpaired) electrons. The fraction of sp³-hybridized carbons (Fsp3) is 0.796. The first-order valence-electron chi connectivity index (χ1n) is 25.9. The van der Waals surface area contributed by atoms with Crippen LogP contribution in [0.25, 0.3) is 0 Å². The summed E-state index contributed by atoms with van der Waals surface area (Å²) in [6.45, 7) is 4.35. The van der Waals surface area contributed by atoms with Crippen molar-refractivity contribution in [3.63, 3.8) is 0 Å². The Morgan fingerprint density at radius 3 is 1.32 bits per heavy atom. The zero-order valence-corrected chi connectivity index (χ0v) is 40.3. The second kappa shape index (κ2) is 45.1. The molecule has 1 saturated heterocycles. The third-order valence-corrected chi connectivity index (χ3v) is 11.7. The van der Waals surface area contributed by atoms with Gasteiger partial charge >= 0.3 is 5.97 Å². The average molecular weight is 889 g/mol. The van der Waals surface area contributed by atoms with Gasteiger partial charge < -0.3 is 39.4 Å². The van der Waals surface area contributed by atoms with Crippen LogP contribution in [0.4, 0.5) is 0 Å². The SMILES string of the molecule is CC/C=C\C/C=C\C/C=C\C/C=C\C/C=C\CC(=O)OC(COCCCCCCCCCCCCCCCCCCCCCCCCCCC)COC1OC(CO)C(O)C(O)C1O. The molecule has 9 nitrogen and oxygen atoms in total. The van der Waals surface area contributed by atoms with Crippen LogP contribution >= 0.6 is 0 Å². The van der Waals surface area contributed by atoms with Crippen molar-refractivity contribution in [1.29, 1.82) is 0 Å². The number of hydrogen-bond acceptors (Lipinski definition) is 9. The molecule has 6 unspecified atom stereocenters. The molecule has 4 N–H and O–H groups in total. The summed E-state index contributed by atoms with van der Waals surface area (Å²) in [5.74, 6) is -0.438. The van der Waals surface area contributed by atoms with Gasteiger partial charge in [-0.2, -0.15) is 0 Å². The van der Waals surface area contributed by atoms with Gasteiger partial charge in [-0.15, -0.1) is 0 Å². The lowest BCUT2D eigenvalue weighted by molar-refractivity contribution is -0.305. The first kappa shape index (κ1) is 58.9. The zero-order chi connectivity index (χ0) is 45.7. The number of aliphatic hydroxyl groups excluding tert-OH is 4. The van der Waals surface area contributed by atoms with E-state index in [0.717, 1.165) is 38.5 Å². The van der Waals surface area contributed by atoms with E-state index in [1.807, 2.05) is 6.08 Å². The van der Waals surface area contributed by atoms with Gasteiger partial charge in [0.25, 0.3) is 0 Å². The molecule has 1 aliphatic rings. The molecule has 1 fully saturated rings. The van der Waals surface area contributed by atoms with Gasteiger partial charge in [0.05, 0.1) is 26.2 Å². The van der Waals surface area contributed by atoms with Crippen molar-refractivity contribution in [3.05, 3.63) is 60.8 Å². The Bertz CT molecular complexity index is 1150. The molecule has 0 amide bonds. The standard InChI is InChI=1S/C54H96O9/c1-3-5-7-9-11-13-15-17-19-20-21-22-23-24-25-26-27-28-30-32-34-36-38-40-42-44-60-46-48(47-61-54-53(59)52(58)51(57)49(45-55)63-54)62-50(56)43-41-39-37-35-33-31-29-18-16-14-12-10-8-6-4-2/h6,8,12,14,18,29,33,35,39,41,48-49,51-55,57-59H,3-5,7,9-11,13,15-17,19-28,30-32,34,36-38,40,42-47H2,1-2H3/b8-6-,14-12-,29-18-,35-33-,41-39-. The highest BCUT2D eigenvalue weighted by atomic mass is 16.7. The van der Waals surface area contributed by atoms with Crippen LogP contribution < -0.4 is 0 Å². The number of rotatable bonds is 44. The van der Waals surface area contributed by atoms with Crippen LogP contribution in [0.5, 0.6) is 0 Å². The molecule has 0 aromatic carbocycles. The van der Waals surface area contributed by atoms with Crippen molar-refractivity contribution in [2.75, 3.05) is 26.4 Å². The monoisotopic (exact) mass is 889 g/mol. The van der Waals surface area contributed by atoms with Crippen LogP contribution in [-0.4, -0.2) is 89.6 Å². The smallest absolute Gasteiger partial charge is 0.310 e. The average Bonchev–Trinajstić information content (AvgIpc) is 3.28. The Hall–Kier alpha value is -2.11. The highest BCUT2D eigenvalue weighted by molar-refractivity contribution is 5.71. The van der Waals surface area contributed by atoms with Gasteiger partial charge in [-0.25, -0.2) is 0 Å². The first-order chi connectivity index (χ1) is 30.9. The van der Waals surface area contributed by atoms with E-state index in [-0.39, 0.29) is 19.6 Å². The van der Waals surface area contributed by atoms with Crippen LogP contribution in [0.2, 0.25) is 0 Å². The van der Waals surface area contributed by atoms with E-state index in [2.05, 4.69) is 62.5 Å². The summed E-state index contributed by atoms with van der Waals surface area (Å²) in [4.78, 5) is 12.7. The third kappa shape index (κ3) is 35.8. The van der Waals surface area contributed by atoms with Crippen molar-refractivity contribution >= 4 is 5.97 Å². The van der Waals surface area contributed by atoms with Crippen molar-refractivity contribution in [2.24, 2.45) is 0 Å². The molecule has 6 atom stereocenters. The van der Waals surface area contributed by atoms with E-state index in [4.69, 9.17) is 18.9 Å². The number of esters is 1. The second-order valence-corrected chi connectivity index (χ2v) is 17.6. The van der Waals surface area contributed by atoms with Gasteiger partial charge in [0, 0.05) is 6.61 Å². The molecule has 9 heteroatoms. The quantitative estimate of drug-likeness (QED) is 0.0268. The molecule has 0 spiro atoms. The number of unbranched alkanes of at least 4 members (excludes halogenated alkanes) is 24. The Labute approximate surface area is 385 Å². The summed E-state index contributed by atoms with van der Waals surface area (Å²) in [5, 5.41) is 40.2. The van der Waals surface area contributed by atoms with E-state index in [1.54, 1.807) is 6.08 Å². The van der Waals surface area contributed by atoms with Gasteiger partial charge in [-0.05, 0) is 38.5 Å². The third-order valence-electron chi connectivity index (χ3n) is 11.7. The van der Waals surface area contributed by atoms with Crippen molar-refractivity contribution in [3.8, 4) is 0 Å². The predicted molar refractivity (Wildman–Crippen MR) is 261 cm³/mol. The van der Waals surface area contributed by atoms with Crippen LogP contribution in [0.15, 0.2) is 60.8 Å². The van der Waals surface area contributed by atoms with Gasteiger partial charge in [0.2, 0.25) is 0 Å². The lowest BCUT2D eigenvalue weighted by Crippen LogP contribution is -2.59. The molecule has 0 aliphatic carbocycles. The maximum atomic E-state index is 12.7. The topological polar surface area (TPSA) is 135 Å². The number of aliphatic hydroxyl groups is 4. The Morgan fingerprint density at radius 2 is 0.905 bits per heavy atom. The van der Waals surface area contributed by atoms with E-state index in [1.165, 1.54) is 148 Å². The zero-order valence-electron chi connectivity index (χ0n) is 40.3. The number of allylic oxidation sites excluding steroid dienone is 9. The molecular formula is C54H96O9. The molecule has 63 heavy (non-hydrogen) atoms. The van der Waals surface area contributed by atoms with E-state index in [9.17, 15) is 25.2 Å². The summed E-state index contributed by atoms with van der Waals surface area (Å²) in [6.07, 6.45) is 51.6. The number of carbonyl (C=O) groups excluding carboxylic acids is 1. The summed E-state index contributed by atoms with van der Waals surface area (Å²) in [7, 11) is 0. The fourth-order valence-electron chi connectivity index (χ4n) is 7.75. The summed E-state index contributed by atoms with van der Waals surface area (Å²) < 4.78 is 22.7. The minimum absolute atomic E-state index is 0.0869. The minimum atomic E-state index is -1.55. The molecule has 0 saturated carbocycles. The maximum absolute atomic E-state index is 12.7. The highest BCUT2D eigenvalue weighted by Gasteiger charge is 2.44. The van der Waals surface area contributed by atoms with Crippen molar-refractivity contribution in [1.82, 2.24) is 0 Å². The second-order valence-electron chi connectivity index (χ2n) is 17.6. The highest BCUT2D eigenvalue weighted by Crippen LogP contribution is 2.23. The molecule has 0 aromatic heterocycles. The molecule has 366 valence electrons. The fourth-order valence-corrected chi connectivity index (χ4v) is 7.75.